The maximum atomic E-state index is 12.0. The molecule has 1 N–H and O–H groups in total. The Bertz CT molecular complexity index is 515. The number of nitrogens with one attached hydrogen (secondary N) is 1. The second-order valence-electron chi connectivity index (χ2n) is 5.62. The van der Waals surface area contributed by atoms with Crippen LogP contribution in [0.2, 0.25) is 5.02 Å². The summed E-state index contributed by atoms with van der Waals surface area (Å²) in [5.74, 6) is 0.262. The molecule has 0 saturated heterocycles. The SMILES string of the molecule is CC(=O)N(CCC(=O)Nc1cc(Cl)ccc1C)CC(C)C. The molecular formula is C16H23ClN2O2. The van der Waals surface area contributed by atoms with E-state index in [0.29, 0.717) is 29.7 Å². The van der Waals surface area contributed by atoms with E-state index < -0.39 is 0 Å². The summed E-state index contributed by atoms with van der Waals surface area (Å²) in [5, 5.41) is 3.42. The van der Waals surface area contributed by atoms with Crippen molar-refractivity contribution in [3.8, 4) is 0 Å². The Morgan fingerprint density at radius 3 is 2.57 bits per heavy atom. The van der Waals surface area contributed by atoms with Crippen LogP contribution < -0.4 is 5.32 Å². The molecule has 1 aromatic carbocycles. The molecule has 0 aliphatic carbocycles. The number of benzene rings is 1. The predicted octanol–water partition coefficient (Wildman–Crippen LogP) is 3.48. The van der Waals surface area contributed by atoms with Crippen LogP contribution in [0.3, 0.4) is 0 Å². The van der Waals surface area contributed by atoms with Gasteiger partial charge in [0.25, 0.3) is 0 Å². The van der Waals surface area contributed by atoms with Crippen LogP contribution in [0.4, 0.5) is 5.69 Å². The molecule has 5 heteroatoms. The van der Waals surface area contributed by atoms with E-state index >= 15 is 0 Å². The lowest BCUT2D eigenvalue weighted by Crippen LogP contribution is -2.34. The fourth-order valence-electron chi connectivity index (χ4n) is 2.00. The number of nitrogens with zero attached hydrogens (tertiary/aromatic N) is 1. The van der Waals surface area contributed by atoms with Crippen LogP contribution in [0.5, 0.6) is 0 Å². The summed E-state index contributed by atoms with van der Waals surface area (Å²) in [5.41, 5.74) is 1.67. The van der Waals surface area contributed by atoms with Gasteiger partial charge in [0.15, 0.2) is 0 Å². The van der Waals surface area contributed by atoms with E-state index in [1.165, 1.54) is 6.92 Å². The predicted molar refractivity (Wildman–Crippen MR) is 86.5 cm³/mol. The zero-order chi connectivity index (χ0) is 16.0. The summed E-state index contributed by atoms with van der Waals surface area (Å²) in [7, 11) is 0. The molecule has 21 heavy (non-hydrogen) atoms. The van der Waals surface area contributed by atoms with Crippen molar-refractivity contribution in [2.24, 2.45) is 5.92 Å². The van der Waals surface area contributed by atoms with Gasteiger partial charge >= 0.3 is 0 Å². The molecule has 116 valence electrons. The third-order valence-corrected chi connectivity index (χ3v) is 3.35. The van der Waals surface area contributed by atoms with E-state index in [0.717, 1.165) is 5.56 Å². The van der Waals surface area contributed by atoms with Gasteiger partial charge in [-0.15, -0.1) is 0 Å². The quantitative estimate of drug-likeness (QED) is 0.874. The van der Waals surface area contributed by atoms with Crippen molar-refractivity contribution in [2.75, 3.05) is 18.4 Å². The first-order valence-electron chi connectivity index (χ1n) is 7.11. The van der Waals surface area contributed by atoms with Crippen LogP contribution in [0.25, 0.3) is 0 Å². The van der Waals surface area contributed by atoms with Gasteiger partial charge in [-0.25, -0.2) is 0 Å². The summed E-state index contributed by atoms with van der Waals surface area (Å²) in [4.78, 5) is 25.2. The van der Waals surface area contributed by atoms with Gasteiger partial charge in [-0.2, -0.15) is 0 Å². The maximum absolute atomic E-state index is 12.0. The van der Waals surface area contributed by atoms with Crippen LogP contribution >= 0.6 is 11.6 Å². The van der Waals surface area contributed by atoms with Gasteiger partial charge in [0.2, 0.25) is 11.8 Å². The molecule has 0 fully saturated rings. The van der Waals surface area contributed by atoms with E-state index in [4.69, 9.17) is 11.6 Å². The Morgan fingerprint density at radius 2 is 2.00 bits per heavy atom. The summed E-state index contributed by atoms with van der Waals surface area (Å²) < 4.78 is 0. The molecule has 0 spiro atoms. The van der Waals surface area contributed by atoms with Gasteiger partial charge < -0.3 is 10.2 Å². The number of carbonyl (C=O) groups is 2. The highest BCUT2D eigenvalue weighted by Gasteiger charge is 2.13. The second kappa shape index (κ2) is 8.03. The highest BCUT2D eigenvalue weighted by molar-refractivity contribution is 6.31. The van der Waals surface area contributed by atoms with Gasteiger partial charge in [0, 0.05) is 37.1 Å². The standard InChI is InChI=1S/C16H23ClN2O2/c1-11(2)10-19(13(4)20)8-7-16(21)18-15-9-14(17)6-5-12(15)3/h5-6,9,11H,7-8,10H2,1-4H3,(H,18,21). The Kier molecular flexibility index (Phi) is 6.69. The average Bonchev–Trinajstić information content (AvgIpc) is 2.38. The van der Waals surface area contributed by atoms with Crippen LogP contribution in [0, 0.1) is 12.8 Å². The molecule has 1 aromatic rings. The van der Waals surface area contributed by atoms with Gasteiger partial charge in [-0.05, 0) is 30.5 Å². The van der Waals surface area contributed by atoms with Crippen molar-refractivity contribution < 1.29 is 9.59 Å². The Balaban J connectivity index is 2.57. The molecule has 0 aliphatic rings. The minimum atomic E-state index is -0.115. The molecule has 2 amide bonds. The Hall–Kier alpha value is -1.55. The Morgan fingerprint density at radius 1 is 1.33 bits per heavy atom. The first-order valence-corrected chi connectivity index (χ1v) is 7.49. The number of hydrogen-bond donors (Lipinski definition) is 1. The molecular weight excluding hydrogens is 288 g/mol. The van der Waals surface area contributed by atoms with Crippen molar-refractivity contribution in [2.45, 2.75) is 34.1 Å². The Labute approximate surface area is 131 Å². The van der Waals surface area contributed by atoms with E-state index in [1.54, 1.807) is 17.0 Å². The number of halogens is 1. The van der Waals surface area contributed by atoms with Crippen LogP contribution in [-0.2, 0) is 9.59 Å². The zero-order valence-corrected chi connectivity index (χ0v) is 13.8. The van der Waals surface area contributed by atoms with Crippen LogP contribution in [0.1, 0.15) is 32.8 Å². The lowest BCUT2D eigenvalue weighted by atomic mass is 10.2. The number of rotatable bonds is 6. The van der Waals surface area contributed by atoms with Gasteiger partial charge in [0.05, 0.1) is 0 Å². The number of amides is 2. The van der Waals surface area contributed by atoms with Crippen LogP contribution in [-0.4, -0.2) is 29.8 Å². The van der Waals surface area contributed by atoms with Gasteiger partial charge in [-0.1, -0.05) is 31.5 Å². The van der Waals surface area contributed by atoms with Crippen molar-refractivity contribution in [3.05, 3.63) is 28.8 Å². The molecule has 4 nitrogen and oxygen atoms in total. The maximum Gasteiger partial charge on any atom is 0.226 e. The van der Waals surface area contributed by atoms with Gasteiger partial charge in [-0.3, -0.25) is 9.59 Å². The van der Waals surface area contributed by atoms with E-state index in [1.807, 2.05) is 26.8 Å². The van der Waals surface area contributed by atoms with Crippen molar-refractivity contribution in [3.63, 3.8) is 0 Å². The van der Waals surface area contributed by atoms with Crippen molar-refractivity contribution in [1.82, 2.24) is 4.90 Å². The normalized spacial score (nSPS) is 10.6. The first-order chi connectivity index (χ1) is 9.79. The second-order valence-corrected chi connectivity index (χ2v) is 6.05. The molecule has 0 radical (unpaired) electrons. The summed E-state index contributed by atoms with van der Waals surface area (Å²) in [6.07, 6.45) is 0.276. The number of carbonyl (C=O) groups excluding carboxylic acids is 2. The summed E-state index contributed by atoms with van der Waals surface area (Å²) in [6.45, 7) is 8.63. The minimum Gasteiger partial charge on any atom is -0.342 e. The van der Waals surface area contributed by atoms with Crippen molar-refractivity contribution >= 4 is 29.1 Å². The molecule has 0 unspecified atom stereocenters. The fraction of sp³-hybridized carbons (Fsp3) is 0.500. The highest BCUT2D eigenvalue weighted by atomic mass is 35.5. The van der Waals surface area contributed by atoms with E-state index in [2.05, 4.69) is 5.32 Å². The average molecular weight is 311 g/mol. The molecule has 0 aromatic heterocycles. The van der Waals surface area contributed by atoms with Crippen LogP contribution in [0.15, 0.2) is 18.2 Å². The van der Waals surface area contributed by atoms with Crippen molar-refractivity contribution in [1.29, 1.82) is 0 Å². The molecule has 0 heterocycles. The third kappa shape index (κ3) is 6.17. The molecule has 0 bridgehead atoms. The largest absolute Gasteiger partial charge is 0.342 e. The lowest BCUT2D eigenvalue weighted by Gasteiger charge is -2.22. The van der Waals surface area contributed by atoms with E-state index in [-0.39, 0.29) is 18.2 Å². The lowest BCUT2D eigenvalue weighted by molar-refractivity contribution is -0.129. The summed E-state index contributed by atoms with van der Waals surface area (Å²) >= 11 is 5.92. The number of anilines is 1. The zero-order valence-electron chi connectivity index (χ0n) is 13.1. The highest BCUT2D eigenvalue weighted by Crippen LogP contribution is 2.20. The van der Waals surface area contributed by atoms with Gasteiger partial charge in [0.1, 0.15) is 0 Å². The third-order valence-electron chi connectivity index (χ3n) is 3.11. The topological polar surface area (TPSA) is 49.4 Å². The number of aryl methyl sites for hydroxylation is 1. The molecule has 0 aliphatic heterocycles. The monoisotopic (exact) mass is 310 g/mol. The molecule has 0 atom stereocenters. The smallest absolute Gasteiger partial charge is 0.226 e. The molecule has 0 saturated carbocycles. The number of hydrogen-bond acceptors (Lipinski definition) is 2. The summed E-state index contributed by atoms with van der Waals surface area (Å²) in [6, 6.07) is 5.37. The molecule has 1 rings (SSSR count). The van der Waals surface area contributed by atoms with E-state index in [9.17, 15) is 9.59 Å². The first kappa shape index (κ1) is 17.5. The fourth-order valence-corrected chi connectivity index (χ4v) is 2.17. The minimum absolute atomic E-state index is 0.00423.